The van der Waals surface area contributed by atoms with Crippen molar-refractivity contribution in [3.05, 3.63) is 0 Å². The third kappa shape index (κ3) is 4.07. The number of hydrogen-bond donors (Lipinski definition) is 7. The fraction of sp³-hybridized carbons (Fsp3) is 0. The lowest BCUT2D eigenvalue weighted by atomic mass is 11.1. The zero-order valence-corrected chi connectivity index (χ0v) is 6.97. The SMILES string of the molecule is N#C[SH](NC(=N)N)NC(N)=NN. The third-order valence-electron chi connectivity index (χ3n) is 0.698. The van der Waals surface area contributed by atoms with Gasteiger partial charge in [0.1, 0.15) is 5.40 Å². The second-order valence-corrected chi connectivity index (χ2v) is 2.91. The van der Waals surface area contributed by atoms with Crippen LogP contribution in [0.25, 0.3) is 0 Å². The molecule has 8 nitrogen and oxygen atoms in total. The Morgan fingerprint density at radius 3 is 2.42 bits per heavy atom. The lowest BCUT2D eigenvalue weighted by molar-refractivity contribution is 1.18. The Kier molecular flexibility index (Phi) is 4.17. The Morgan fingerprint density at radius 2 is 2.08 bits per heavy atom. The first kappa shape index (κ1) is 10.2. The number of hydrazone groups is 1. The van der Waals surface area contributed by atoms with E-state index >= 15 is 0 Å². The van der Waals surface area contributed by atoms with Gasteiger partial charge in [-0.05, 0) is 11.3 Å². The highest BCUT2D eigenvalue weighted by Gasteiger charge is 2.01. The van der Waals surface area contributed by atoms with Crippen LogP contribution in [0, 0.1) is 16.1 Å². The summed E-state index contributed by atoms with van der Waals surface area (Å²) in [6, 6.07) is 0. The summed E-state index contributed by atoms with van der Waals surface area (Å²) >= 11 is -1.52. The number of nitriles is 1. The van der Waals surface area contributed by atoms with E-state index in [1.807, 2.05) is 0 Å². The summed E-state index contributed by atoms with van der Waals surface area (Å²) in [4.78, 5) is 0. The van der Waals surface area contributed by atoms with Crippen LogP contribution in [0.1, 0.15) is 0 Å². The molecule has 0 aliphatic heterocycles. The van der Waals surface area contributed by atoms with Crippen molar-refractivity contribution >= 4 is 23.2 Å². The standard InChI is InChI=1S/C3H10N8S/c4-1-12(10-2(5)6)11-3(7)9-8/h12H,8H2,(H4,5,6,10)(H3,7,9,11). The first-order valence-corrected chi connectivity index (χ1v) is 4.05. The molecular formula is C3H10N8S. The minimum Gasteiger partial charge on any atom is -0.369 e. The van der Waals surface area contributed by atoms with Gasteiger partial charge in [0.15, 0.2) is 5.96 Å². The van der Waals surface area contributed by atoms with Crippen molar-refractivity contribution in [2.45, 2.75) is 0 Å². The maximum atomic E-state index is 8.47. The topological polar surface area (TPSA) is 162 Å². The minimum absolute atomic E-state index is 0.0867. The molecule has 12 heavy (non-hydrogen) atoms. The van der Waals surface area contributed by atoms with Crippen LogP contribution in [0.5, 0.6) is 0 Å². The number of hydrogen-bond acceptors (Lipinski definition) is 4. The van der Waals surface area contributed by atoms with E-state index in [-0.39, 0.29) is 11.9 Å². The molecule has 9 N–H and O–H groups in total. The van der Waals surface area contributed by atoms with E-state index in [4.69, 9.17) is 28.0 Å². The van der Waals surface area contributed by atoms with Gasteiger partial charge in [-0.25, -0.2) is 0 Å². The van der Waals surface area contributed by atoms with Gasteiger partial charge in [-0.2, -0.15) is 5.26 Å². The molecular weight excluding hydrogens is 180 g/mol. The number of nitrogens with two attached hydrogens (primary N) is 3. The third-order valence-corrected chi connectivity index (χ3v) is 1.81. The quantitative estimate of drug-likeness (QED) is 0.0638. The summed E-state index contributed by atoms with van der Waals surface area (Å²) in [5.41, 5.74) is 10.1. The highest BCUT2D eigenvalue weighted by atomic mass is 32.2. The van der Waals surface area contributed by atoms with Crippen LogP contribution in [0.3, 0.4) is 0 Å². The molecule has 0 heterocycles. The Hall–Kier alpha value is -1.82. The van der Waals surface area contributed by atoms with Crippen molar-refractivity contribution in [2.75, 3.05) is 0 Å². The molecule has 68 valence electrons. The van der Waals surface area contributed by atoms with E-state index in [0.717, 1.165) is 0 Å². The monoisotopic (exact) mass is 190 g/mol. The highest BCUT2D eigenvalue weighted by molar-refractivity contribution is 8.18. The molecule has 0 saturated heterocycles. The Morgan fingerprint density at radius 1 is 1.50 bits per heavy atom. The van der Waals surface area contributed by atoms with Crippen molar-refractivity contribution in [2.24, 2.45) is 22.4 Å². The molecule has 0 spiro atoms. The highest BCUT2D eigenvalue weighted by Crippen LogP contribution is 2.08. The second-order valence-electron chi connectivity index (χ2n) is 1.59. The molecule has 0 rings (SSSR count). The average Bonchev–Trinajstić information content (AvgIpc) is 2.02. The molecule has 0 aromatic rings. The van der Waals surface area contributed by atoms with Crippen LogP contribution in [-0.4, -0.2) is 11.9 Å². The molecule has 0 amide bonds. The van der Waals surface area contributed by atoms with Gasteiger partial charge < -0.3 is 17.3 Å². The van der Waals surface area contributed by atoms with Crippen molar-refractivity contribution < 1.29 is 0 Å². The van der Waals surface area contributed by atoms with Gasteiger partial charge in [0.05, 0.1) is 0 Å². The van der Waals surface area contributed by atoms with Crippen LogP contribution < -0.4 is 26.8 Å². The summed E-state index contributed by atoms with van der Waals surface area (Å²) < 4.78 is 4.75. The van der Waals surface area contributed by atoms with E-state index in [2.05, 4.69) is 14.5 Å². The zero-order chi connectivity index (χ0) is 9.56. The Labute approximate surface area is 71.9 Å². The van der Waals surface area contributed by atoms with Gasteiger partial charge in [-0.3, -0.25) is 14.9 Å². The van der Waals surface area contributed by atoms with Crippen LogP contribution in [0.15, 0.2) is 5.10 Å². The number of rotatable bonds is 2. The Bertz CT molecular complexity index is 227. The van der Waals surface area contributed by atoms with Crippen molar-refractivity contribution in [3.8, 4) is 5.40 Å². The fourth-order valence-corrected chi connectivity index (χ4v) is 1.03. The predicted octanol–water partition coefficient (Wildman–Crippen LogP) is -2.44. The largest absolute Gasteiger partial charge is 0.369 e. The summed E-state index contributed by atoms with van der Waals surface area (Å²) in [5.74, 6) is 4.39. The van der Waals surface area contributed by atoms with Gasteiger partial charge in [-0.1, -0.05) is 0 Å². The minimum atomic E-state index is -1.52. The number of guanidine groups is 2. The average molecular weight is 190 g/mol. The predicted molar refractivity (Wildman–Crippen MR) is 48.6 cm³/mol. The summed E-state index contributed by atoms with van der Waals surface area (Å²) in [6.07, 6.45) is 0. The first-order valence-electron chi connectivity index (χ1n) is 2.70. The molecule has 0 fully saturated rings. The molecule has 0 aromatic carbocycles. The van der Waals surface area contributed by atoms with Crippen LogP contribution in [0.4, 0.5) is 0 Å². The van der Waals surface area contributed by atoms with E-state index < -0.39 is 11.3 Å². The van der Waals surface area contributed by atoms with E-state index in [9.17, 15) is 0 Å². The zero-order valence-electron chi connectivity index (χ0n) is 6.07. The van der Waals surface area contributed by atoms with Gasteiger partial charge in [0, 0.05) is 0 Å². The summed E-state index contributed by atoms with van der Waals surface area (Å²) in [7, 11) is 0. The van der Waals surface area contributed by atoms with Crippen molar-refractivity contribution in [3.63, 3.8) is 0 Å². The molecule has 0 bridgehead atoms. The van der Waals surface area contributed by atoms with Crippen LogP contribution in [0.2, 0.25) is 0 Å². The molecule has 0 aliphatic carbocycles. The van der Waals surface area contributed by atoms with Gasteiger partial charge in [-0.15, -0.1) is 5.10 Å². The maximum absolute atomic E-state index is 8.47. The fourth-order valence-electron chi connectivity index (χ4n) is 0.342. The normalized spacial score (nSPS) is 14.2. The summed E-state index contributed by atoms with van der Waals surface area (Å²) in [6.45, 7) is 0. The number of thiocyanates is 1. The smallest absolute Gasteiger partial charge is 0.221 e. The van der Waals surface area contributed by atoms with E-state index in [1.165, 1.54) is 0 Å². The number of nitrogens with zero attached hydrogens (tertiary/aromatic N) is 2. The summed E-state index contributed by atoms with van der Waals surface area (Å²) in [5, 5.41) is 20.2. The lowest BCUT2D eigenvalue weighted by Crippen LogP contribution is -2.38. The van der Waals surface area contributed by atoms with Crippen molar-refractivity contribution in [1.29, 1.82) is 10.7 Å². The maximum Gasteiger partial charge on any atom is 0.221 e. The van der Waals surface area contributed by atoms with Gasteiger partial charge in [0.25, 0.3) is 0 Å². The second kappa shape index (κ2) is 4.91. The van der Waals surface area contributed by atoms with Crippen LogP contribution in [-0.2, 0) is 0 Å². The molecule has 9 heteroatoms. The number of thiol groups is 1. The molecule has 1 atom stereocenters. The lowest BCUT2D eigenvalue weighted by Gasteiger charge is -2.15. The van der Waals surface area contributed by atoms with Gasteiger partial charge in [0.2, 0.25) is 5.96 Å². The molecule has 0 aromatic heterocycles. The first-order chi connectivity index (χ1) is 5.60. The van der Waals surface area contributed by atoms with Crippen molar-refractivity contribution in [1.82, 2.24) is 9.44 Å². The van der Waals surface area contributed by atoms with E-state index in [1.54, 1.807) is 5.40 Å². The van der Waals surface area contributed by atoms with Crippen LogP contribution >= 0.6 is 11.3 Å². The molecule has 0 aliphatic rings. The van der Waals surface area contributed by atoms with Gasteiger partial charge >= 0.3 is 0 Å². The molecule has 0 saturated carbocycles. The molecule has 0 radical (unpaired) electrons. The molecule has 1 unspecified atom stereocenters. The Balaban J connectivity index is 4.03. The van der Waals surface area contributed by atoms with E-state index in [0.29, 0.717) is 0 Å². The number of nitrogens with one attached hydrogen (secondary N) is 3.